The lowest BCUT2D eigenvalue weighted by Crippen LogP contribution is -2.36. The molecule has 1 saturated carbocycles. The van der Waals surface area contributed by atoms with Crippen molar-refractivity contribution in [2.45, 2.75) is 64.3 Å². The Kier molecular flexibility index (Phi) is 7.39. The number of hydrogen-bond donors (Lipinski definition) is 2. The third kappa shape index (κ3) is 6.48. The summed E-state index contributed by atoms with van der Waals surface area (Å²) in [6, 6.07) is 3.62. The van der Waals surface area contributed by atoms with Crippen molar-refractivity contribution in [2.75, 3.05) is 0 Å². The van der Waals surface area contributed by atoms with Crippen LogP contribution in [0.5, 0.6) is 0 Å². The Labute approximate surface area is 143 Å². The van der Waals surface area contributed by atoms with Crippen LogP contribution in [0.25, 0.3) is 0 Å². The molecule has 130 valence electrons. The molecule has 0 spiro atoms. The van der Waals surface area contributed by atoms with Crippen molar-refractivity contribution in [1.82, 2.24) is 15.7 Å². The second kappa shape index (κ2) is 9.80. The fourth-order valence-electron chi connectivity index (χ4n) is 2.86. The van der Waals surface area contributed by atoms with Crippen LogP contribution >= 0.6 is 0 Å². The minimum atomic E-state index is -0.331. The molecule has 1 fully saturated rings. The first kappa shape index (κ1) is 18.1. The van der Waals surface area contributed by atoms with Gasteiger partial charge in [-0.15, -0.1) is 0 Å². The van der Waals surface area contributed by atoms with Gasteiger partial charge in [0.1, 0.15) is 0 Å². The van der Waals surface area contributed by atoms with Crippen molar-refractivity contribution in [2.24, 2.45) is 5.10 Å². The van der Waals surface area contributed by atoms with Gasteiger partial charge in [-0.25, -0.2) is 5.43 Å². The number of nitrogens with one attached hydrogen (secondary N) is 2. The summed E-state index contributed by atoms with van der Waals surface area (Å²) in [4.78, 5) is 27.9. The van der Waals surface area contributed by atoms with E-state index in [1.807, 2.05) is 0 Å². The molecule has 24 heavy (non-hydrogen) atoms. The molecule has 0 unspecified atom stereocenters. The molecule has 2 rings (SSSR count). The SMILES string of the molecule is C/C(CC(=O)NC1CCCCCCC1)=N\NC(=O)c1cccnc1. The second-order valence-electron chi connectivity index (χ2n) is 6.32. The molecule has 0 atom stereocenters. The Hall–Kier alpha value is -2.24. The summed E-state index contributed by atoms with van der Waals surface area (Å²) in [7, 11) is 0. The first-order chi connectivity index (χ1) is 11.6. The number of pyridine rings is 1. The predicted octanol–water partition coefficient (Wildman–Crippen LogP) is 2.81. The summed E-state index contributed by atoms with van der Waals surface area (Å²) in [6.07, 6.45) is 11.6. The Morgan fingerprint density at radius 3 is 2.58 bits per heavy atom. The van der Waals surface area contributed by atoms with Crippen molar-refractivity contribution in [3.8, 4) is 0 Å². The van der Waals surface area contributed by atoms with E-state index in [0.717, 1.165) is 12.8 Å². The zero-order chi connectivity index (χ0) is 17.2. The van der Waals surface area contributed by atoms with Crippen LogP contribution < -0.4 is 10.7 Å². The van der Waals surface area contributed by atoms with E-state index in [0.29, 0.717) is 11.3 Å². The number of hydrazone groups is 1. The maximum absolute atomic E-state index is 12.1. The van der Waals surface area contributed by atoms with Crippen LogP contribution in [-0.2, 0) is 4.79 Å². The van der Waals surface area contributed by atoms with Crippen molar-refractivity contribution >= 4 is 17.5 Å². The Morgan fingerprint density at radius 1 is 1.21 bits per heavy atom. The molecule has 1 aliphatic carbocycles. The molecule has 0 radical (unpaired) electrons. The molecule has 6 heteroatoms. The molecule has 6 nitrogen and oxygen atoms in total. The molecule has 2 N–H and O–H groups in total. The molecule has 1 aliphatic rings. The zero-order valence-corrected chi connectivity index (χ0v) is 14.3. The van der Waals surface area contributed by atoms with Crippen molar-refractivity contribution in [1.29, 1.82) is 0 Å². The van der Waals surface area contributed by atoms with E-state index in [1.165, 1.54) is 38.3 Å². The van der Waals surface area contributed by atoms with Gasteiger partial charge in [0.15, 0.2) is 0 Å². The molecule has 1 heterocycles. The van der Waals surface area contributed by atoms with Crippen LogP contribution in [0.2, 0.25) is 0 Å². The smallest absolute Gasteiger partial charge is 0.272 e. The summed E-state index contributed by atoms with van der Waals surface area (Å²) in [5.74, 6) is -0.361. The van der Waals surface area contributed by atoms with Crippen LogP contribution in [0, 0.1) is 0 Å². The van der Waals surface area contributed by atoms with Crippen molar-refractivity contribution in [3.05, 3.63) is 30.1 Å². The van der Waals surface area contributed by atoms with Gasteiger partial charge in [0.25, 0.3) is 5.91 Å². The molecule has 0 aliphatic heterocycles. The van der Waals surface area contributed by atoms with E-state index in [9.17, 15) is 9.59 Å². The number of hydrogen-bond acceptors (Lipinski definition) is 4. The normalized spacial score (nSPS) is 16.8. The van der Waals surface area contributed by atoms with Crippen LogP contribution in [-0.4, -0.2) is 28.6 Å². The zero-order valence-electron chi connectivity index (χ0n) is 14.3. The Morgan fingerprint density at radius 2 is 1.92 bits per heavy atom. The monoisotopic (exact) mass is 330 g/mol. The number of nitrogens with zero attached hydrogens (tertiary/aromatic N) is 2. The largest absolute Gasteiger partial charge is 0.353 e. The molecule has 1 aromatic rings. The number of carbonyl (C=O) groups excluding carboxylic acids is 2. The molecule has 1 aromatic heterocycles. The van der Waals surface area contributed by atoms with Gasteiger partial charge >= 0.3 is 0 Å². The molecule has 0 saturated heterocycles. The van der Waals surface area contributed by atoms with Gasteiger partial charge in [-0.3, -0.25) is 14.6 Å². The van der Waals surface area contributed by atoms with Crippen LogP contribution in [0.1, 0.15) is 68.6 Å². The van der Waals surface area contributed by atoms with Crippen LogP contribution in [0.3, 0.4) is 0 Å². The van der Waals surface area contributed by atoms with Gasteiger partial charge in [0, 0.05) is 24.1 Å². The van der Waals surface area contributed by atoms with E-state index in [4.69, 9.17) is 0 Å². The topological polar surface area (TPSA) is 83.5 Å². The Balaban J connectivity index is 1.76. The number of rotatable bonds is 5. The lowest BCUT2D eigenvalue weighted by molar-refractivity contribution is -0.120. The number of amides is 2. The van der Waals surface area contributed by atoms with Gasteiger partial charge < -0.3 is 5.32 Å². The van der Waals surface area contributed by atoms with Gasteiger partial charge in [0.2, 0.25) is 5.91 Å². The fraction of sp³-hybridized carbons (Fsp3) is 0.556. The summed E-state index contributed by atoms with van der Waals surface area (Å²) >= 11 is 0. The van der Waals surface area contributed by atoms with Gasteiger partial charge in [-0.1, -0.05) is 32.1 Å². The summed E-state index contributed by atoms with van der Waals surface area (Å²) in [5, 5.41) is 7.09. The first-order valence-electron chi connectivity index (χ1n) is 8.68. The number of carbonyl (C=O) groups is 2. The van der Waals surface area contributed by atoms with Crippen molar-refractivity contribution in [3.63, 3.8) is 0 Å². The van der Waals surface area contributed by atoms with E-state index < -0.39 is 0 Å². The molecule has 0 bridgehead atoms. The molecular formula is C18H26N4O2. The average molecular weight is 330 g/mol. The Bertz CT molecular complexity index is 564. The minimum absolute atomic E-state index is 0.0301. The van der Waals surface area contributed by atoms with E-state index in [2.05, 4.69) is 20.8 Å². The van der Waals surface area contributed by atoms with Crippen LogP contribution in [0.4, 0.5) is 0 Å². The third-order valence-electron chi connectivity index (χ3n) is 4.16. The predicted molar refractivity (Wildman–Crippen MR) is 93.7 cm³/mol. The maximum Gasteiger partial charge on any atom is 0.272 e. The van der Waals surface area contributed by atoms with Gasteiger partial charge in [-0.2, -0.15) is 5.10 Å². The minimum Gasteiger partial charge on any atom is -0.353 e. The molecule has 2 amide bonds. The summed E-state index contributed by atoms with van der Waals surface area (Å²) in [5.41, 5.74) is 3.47. The second-order valence-corrected chi connectivity index (χ2v) is 6.32. The van der Waals surface area contributed by atoms with Crippen molar-refractivity contribution < 1.29 is 9.59 Å². The highest BCUT2D eigenvalue weighted by Gasteiger charge is 2.14. The standard InChI is InChI=1S/C18H26N4O2/c1-14(21-22-18(24)15-8-7-11-19-13-15)12-17(23)20-16-9-5-3-2-4-6-10-16/h7-8,11,13,16H,2-6,9-10,12H2,1H3,(H,20,23)(H,22,24)/b21-14+. The fourth-order valence-corrected chi connectivity index (χ4v) is 2.86. The number of aromatic nitrogens is 1. The van der Waals surface area contributed by atoms with E-state index in [1.54, 1.807) is 25.3 Å². The lowest BCUT2D eigenvalue weighted by atomic mass is 9.96. The van der Waals surface area contributed by atoms with Crippen LogP contribution in [0.15, 0.2) is 29.6 Å². The van der Waals surface area contributed by atoms with E-state index in [-0.39, 0.29) is 24.3 Å². The maximum atomic E-state index is 12.1. The van der Waals surface area contributed by atoms with E-state index >= 15 is 0 Å². The first-order valence-corrected chi connectivity index (χ1v) is 8.68. The summed E-state index contributed by atoms with van der Waals surface area (Å²) < 4.78 is 0. The van der Waals surface area contributed by atoms with Gasteiger partial charge in [-0.05, 0) is 31.9 Å². The average Bonchev–Trinajstić information content (AvgIpc) is 2.56. The third-order valence-corrected chi connectivity index (χ3v) is 4.16. The lowest BCUT2D eigenvalue weighted by Gasteiger charge is -2.21. The highest BCUT2D eigenvalue weighted by molar-refractivity contribution is 6.01. The molecular weight excluding hydrogens is 304 g/mol. The van der Waals surface area contributed by atoms with Gasteiger partial charge in [0.05, 0.1) is 12.0 Å². The molecule has 0 aromatic carbocycles. The highest BCUT2D eigenvalue weighted by Crippen LogP contribution is 2.17. The summed E-state index contributed by atoms with van der Waals surface area (Å²) in [6.45, 7) is 1.74. The quantitative estimate of drug-likeness (QED) is 0.643. The highest BCUT2D eigenvalue weighted by atomic mass is 16.2.